The smallest absolute Gasteiger partial charge is 0.256 e. The maximum Gasteiger partial charge on any atom is 0.256 e. The van der Waals surface area contributed by atoms with Gasteiger partial charge in [0.2, 0.25) is 0 Å². The van der Waals surface area contributed by atoms with Gasteiger partial charge in [0, 0.05) is 11.6 Å². The van der Waals surface area contributed by atoms with Crippen LogP contribution in [0.3, 0.4) is 0 Å². The van der Waals surface area contributed by atoms with Gasteiger partial charge < -0.3 is 5.73 Å². The van der Waals surface area contributed by atoms with Crippen molar-refractivity contribution in [3.8, 4) is 11.3 Å². The Labute approximate surface area is 122 Å². The van der Waals surface area contributed by atoms with Crippen molar-refractivity contribution in [2.75, 3.05) is 0 Å². The minimum Gasteiger partial charge on any atom is -0.365 e. The molecule has 1 aromatic carbocycles. The molecule has 106 valence electrons. The quantitative estimate of drug-likeness (QED) is 0.752. The molecule has 0 atom stereocenters. The highest BCUT2D eigenvalue weighted by atomic mass is 35.5. The molecule has 0 aliphatic heterocycles. The molecule has 0 saturated heterocycles. The summed E-state index contributed by atoms with van der Waals surface area (Å²) >= 11 is 5.64. The van der Waals surface area contributed by atoms with Crippen LogP contribution in [0.1, 0.15) is 10.4 Å². The largest absolute Gasteiger partial charge is 0.365 e. The maximum atomic E-state index is 13.6. The van der Waals surface area contributed by atoms with Crippen LogP contribution in [-0.4, -0.2) is 20.5 Å². The van der Waals surface area contributed by atoms with Crippen molar-refractivity contribution in [1.82, 2.24) is 14.6 Å². The molecule has 0 aliphatic rings. The molecule has 0 radical (unpaired) electrons. The molecular formula is C13H8ClFN4O2. The molecule has 6 nitrogen and oxygen atoms in total. The number of pyridine rings is 1. The Balaban J connectivity index is 2.36. The molecule has 0 spiro atoms. The molecule has 3 N–H and O–H groups in total. The molecule has 0 aliphatic carbocycles. The summed E-state index contributed by atoms with van der Waals surface area (Å²) in [6.07, 6.45) is 1.30. The lowest BCUT2D eigenvalue weighted by molar-refractivity contribution is 0.100. The van der Waals surface area contributed by atoms with E-state index >= 15 is 0 Å². The van der Waals surface area contributed by atoms with Gasteiger partial charge in [-0.15, -0.1) is 0 Å². The van der Waals surface area contributed by atoms with Gasteiger partial charge in [0.25, 0.3) is 5.91 Å². The first-order valence-electron chi connectivity index (χ1n) is 5.83. The van der Waals surface area contributed by atoms with Crippen molar-refractivity contribution in [2.24, 2.45) is 5.73 Å². The van der Waals surface area contributed by atoms with Crippen molar-refractivity contribution in [1.29, 1.82) is 0 Å². The van der Waals surface area contributed by atoms with Gasteiger partial charge in [-0.05, 0) is 12.1 Å². The minimum atomic E-state index is -0.876. The van der Waals surface area contributed by atoms with Gasteiger partial charge in [-0.1, -0.05) is 17.7 Å². The maximum absolute atomic E-state index is 13.6. The molecule has 0 fully saturated rings. The second-order valence-electron chi connectivity index (χ2n) is 4.31. The van der Waals surface area contributed by atoms with Crippen LogP contribution in [-0.2, 0) is 0 Å². The van der Waals surface area contributed by atoms with E-state index in [9.17, 15) is 14.0 Å². The lowest BCUT2D eigenvalue weighted by Crippen LogP contribution is -2.23. The van der Waals surface area contributed by atoms with E-state index in [1.807, 2.05) is 0 Å². The summed E-state index contributed by atoms with van der Waals surface area (Å²) in [5.41, 5.74) is 5.21. The van der Waals surface area contributed by atoms with E-state index in [1.54, 1.807) is 6.07 Å². The first-order chi connectivity index (χ1) is 9.99. The number of benzene rings is 1. The fraction of sp³-hybridized carbons (Fsp3) is 0. The van der Waals surface area contributed by atoms with Crippen LogP contribution in [0.25, 0.3) is 16.9 Å². The third-order valence-corrected chi connectivity index (χ3v) is 3.33. The molecule has 21 heavy (non-hydrogen) atoms. The average molecular weight is 307 g/mol. The van der Waals surface area contributed by atoms with E-state index in [-0.39, 0.29) is 16.2 Å². The van der Waals surface area contributed by atoms with Crippen LogP contribution < -0.4 is 11.2 Å². The van der Waals surface area contributed by atoms with Gasteiger partial charge in [-0.25, -0.2) is 13.9 Å². The van der Waals surface area contributed by atoms with Gasteiger partial charge >= 0.3 is 0 Å². The number of aromatic amines is 1. The van der Waals surface area contributed by atoms with E-state index in [4.69, 9.17) is 17.3 Å². The highest BCUT2D eigenvalue weighted by molar-refractivity contribution is 6.30. The molecule has 8 heteroatoms. The lowest BCUT2D eigenvalue weighted by atomic mass is 10.1. The van der Waals surface area contributed by atoms with E-state index in [0.717, 1.165) is 0 Å². The van der Waals surface area contributed by atoms with Gasteiger partial charge in [-0.2, -0.15) is 0 Å². The highest BCUT2D eigenvalue weighted by Gasteiger charge is 2.17. The number of hydrogen-bond donors (Lipinski definition) is 2. The third kappa shape index (κ3) is 2.07. The fourth-order valence-electron chi connectivity index (χ4n) is 2.10. The number of halogens is 2. The Morgan fingerprint density at radius 1 is 1.38 bits per heavy atom. The topological polar surface area (TPSA) is 93.3 Å². The van der Waals surface area contributed by atoms with Gasteiger partial charge in [0.05, 0.1) is 10.7 Å². The minimum absolute atomic E-state index is 0.0271. The number of carbonyl (C=O) groups excluding carboxylic acids is 1. The first-order valence-corrected chi connectivity index (χ1v) is 6.21. The monoisotopic (exact) mass is 306 g/mol. The van der Waals surface area contributed by atoms with E-state index in [1.165, 1.54) is 29.0 Å². The predicted octanol–water partition coefficient (Wildman–Crippen LogP) is 1.58. The average Bonchev–Trinajstić information content (AvgIpc) is 2.89. The first kappa shape index (κ1) is 13.3. The fourth-order valence-corrected chi connectivity index (χ4v) is 2.21. The highest BCUT2D eigenvalue weighted by Crippen LogP contribution is 2.24. The number of nitrogens with two attached hydrogens (primary N) is 1. The van der Waals surface area contributed by atoms with Gasteiger partial charge in [0.1, 0.15) is 17.7 Å². The van der Waals surface area contributed by atoms with Crippen LogP contribution >= 0.6 is 11.6 Å². The number of carbonyl (C=O) groups is 1. The number of nitrogens with zero attached hydrogens (tertiary/aromatic N) is 2. The molecule has 3 aromatic rings. The molecular weight excluding hydrogens is 299 g/mol. The van der Waals surface area contributed by atoms with E-state index < -0.39 is 17.2 Å². The van der Waals surface area contributed by atoms with E-state index in [2.05, 4.69) is 10.1 Å². The van der Waals surface area contributed by atoms with Crippen LogP contribution in [0.4, 0.5) is 4.39 Å². The summed E-state index contributed by atoms with van der Waals surface area (Å²) in [5, 5.41) is 2.72. The van der Waals surface area contributed by atoms with Crippen LogP contribution in [0, 0.1) is 5.82 Å². The molecule has 0 unspecified atom stereocenters. The standard InChI is InChI=1S/C13H8ClFN4O2/c14-7-2-1-6(3-8(7)15)9-4-10(20)11(12(16)21)13-17-5-18-19(9)13/h1-5H,(H2,16,21)(H,17,18). The van der Waals surface area contributed by atoms with Crippen molar-refractivity contribution >= 4 is 23.2 Å². The zero-order chi connectivity index (χ0) is 15.1. The zero-order valence-electron chi connectivity index (χ0n) is 10.4. The number of nitrogens with one attached hydrogen (secondary N) is 1. The summed E-state index contributed by atoms with van der Waals surface area (Å²) in [4.78, 5) is 27.3. The number of aromatic nitrogens is 3. The third-order valence-electron chi connectivity index (χ3n) is 3.03. The molecule has 1 amide bonds. The number of amides is 1. The zero-order valence-corrected chi connectivity index (χ0v) is 11.2. The van der Waals surface area contributed by atoms with Crippen molar-refractivity contribution in [3.63, 3.8) is 0 Å². The molecule has 2 aromatic heterocycles. The molecule has 0 bridgehead atoms. The van der Waals surface area contributed by atoms with Crippen LogP contribution in [0.5, 0.6) is 0 Å². The Morgan fingerprint density at radius 2 is 2.14 bits per heavy atom. The number of rotatable bonds is 2. The van der Waals surface area contributed by atoms with Gasteiger partial charge in [-0.3, -0.25) is 14.7 Å². The predicted molar refractivity (Wildman–Crippen MR) is 74.7 cm³/mol. The summed E-state index contributed by atoms with van der Waals surface area (Å²) in [7, 11) is 0. The number of H-pyrrole nitrogens is 1. The SMILES string of the molecule is NC(=O)c1c(=O)cc(-c2ccc(Cl)c(F)c2)n2[nH]cnc12. The Hall–Kier alpha value is -2.67. The molecule has 2 heterocycles. The van der Waals surface area contributed by atoms with Crippen molar-refractivity contribution in [3.05, 3.63) is 57.2 Å². The molecule has 0 saturated carbocycles. The number of fused-ring (bicyclic) bond motifs is 1. The molecule has 3 rings (SSSR count). The Bertz CT molecular complexity index is 932. The van der Waals surface area contributed by atoms with Crippen molar-refractivity contribution < 1.29 is 9.18 Å². The summed E-state index contributed by atoms with van der Waals surface area (Å²) < 4.78 is 15.0. The van der Waals surface area contributed by atoms with Crippen LogP contribution in [0.15, 0.2) is 35.4 Å². The number of hydrogen-bond acceptors (Lipinski definition) is 3. The van der Waals surface area contributed by atoms with Crippen LogP contribution in [0.2, 0.25) is 5.02 Å². The van der Waals surface area contributed by atoms with Gasteiger partial charge in [0.15, 0.2) is 11.1 Å². The second-order valence-corrected chi connectivity index (χ2v) is 4.72. The normalized spacial score (nSPS) is 11.0. The second kappa shape index (κ2) is 4.71. The Morgan fingerprint density at radius 3 is 2.81 bits per heavy atom. The number of primary amides is 1. The Kier molecular flexibility index (Phi) is 2.99. The summed E-state index contributed by atoms with van der Waals surface area (Å²) in [5.74, 6) is -1.49. The van der Waals surface area contributed by atoms with E-state index in [0.29, 0.717) is 11.3 Å². The summed E-state index contributed by atoms with van der Waals surface area (Å²) in [6.45, 7) is 0. The lowest BCUT2D eigenvalue weighted by Gasteiger charge is -2.07. The van der Waals surface area contributed by atoms with Crippen molar-refractivity contribution in [2.45, 2.75) is 0 Å². The summed E-state index contributed by atoms with van der Waals surface area (Å²) in [6, 6.07) is 5.31.